The van der Waals surface area contributed by atoms with Crippen LogP contribution in [0.3, 0.4) is 0 Å². The second-order valence-corrected chi connectivity index (χ2v) is 5.87. The molecule has 4 nitrogen and oxygen atoms in total. The number of rotatable bonds is 5. The van der Waals surface area contributed by atoms with E-state index >= 15 is 0 Å². The van der Waals surface area contributed by atoms with E-state index in [9.17, 15) is 18.7 Å². The van der Waals surface area contributed by atoms with Crippen LogP contribution in [0.1, 0.15) is 26.2 Å². The molecule has 2 N–H and O–H groups in total. The minimum absolute atomic E-state index is 0.309. The first-order valence-corrected chi connectivity index (χ1v) is 7.30. The van der Waals surface area contributed by atoms with Gasteiger partial charge in [0.25, 0.3) is 5.91 Å². The number of aliphatic hydroxyl groups is 1. The lowest BCUT2D eigenvalue weighted by Crippen LogP contribution is -2.28. The van der Waals surface area contributed by atoms with Crippen molar-refractivity contribution in [2.24, 2.45) is 0 Å². The number of ether oxygens (including phenoxy) is 1. The summed E-state index contributed by atoms with van der Waals surface area (Å²) in [4.78, 5) is 13.3. The van der Waals surface area contributed by atoms with Crippen LogP contribution in [0.5, 0.6) is 5.75 Å². The number of aliphatic hydroxyl groups excluding tert-OH is 1. The summed E-state index contributed by atoms with van der Waals surface area (Å²) in [6.07, 6.45) is -1.47. The van der Waals surface area contributed by atoms with Gasteiger partial charge in [0.05, 0.1) is 12.7 Å². The lowest BCUT2D eigenvalue weighted by molar-refractivity contribution is 0.0912. The monoisotopic (exact) mass is 327 g/mol. The molecule has 1 aromatic heterocycles. The minimum Gasteiger partial charge on any atom is -0.495 e. The van der Waals surface area contributed by atoms with Crippen LogP contribution in [0.15, 0.2) is 24.3 Å². The van der Waals surface area contributed by atoms with Crippen molar-refractivity contribution < 1.29 is 23.4 Å². The van der Waals surface area contributed by atoms with Gasteiger partial charge in [0, 0.05) is 11.4 Å². The highest BCUT2D eigenvalue weighted by molar-refractivity contribution is 7.14. The summed E-state index contributed by atoms with van der Waals surface area (Å²) < 4.78 is 32.2. The van der Waals surface area contributed by atoms with Gasteiger partial charge in [-0.15, -0.1) is 11.3 Å². The fourth-order valence-corrected chi connectivity index (χ4v) is 2.90. The van der Waals surface area contributed by atoms with Gasteiger partial charge in [-0.05, 0) is 25.1 Å². The quantitative estimate of drug-likeness (QED) is 0.888. The molecule has 0 spiro atoms. The van der Waals surface area contributed by atoms with Gasteiger partial charge in [0.2, 0.25) is 0 Å². The number of aryl methyl sites for hydroxylation is 1. The number of halogens is 2. The van der Waals surface area contributed by atoms with Gasteiger partial charge in [0.15, 0.2) is 0 Å². The van der Waals surface area contributed by atoms with Crippen LogP contribution >= 0.6 is 11.3 Å². The number of carbonyl (C=O) groups excluding carboxylic acids is 1. The Hall–Kier alpha value is -1.99. The summed E-state index contributed by atoms with van der Waals surface area (Å²) in [5.41, 5.74) is -0.461. The third-order valence-corrected chi connectivity index (χ3v) is 4.07. The van der Waals surface area contributed by atoms with Crippen molar-refractivity contribution >= 4 is 17.2 Å². The molecular formula is C15H15F2NO3S. The van der Waals surface area contributed by atoms with Crippen LogP contribution in [-0.4, -0.2) is 24.7 Å². The molecule has 1 aromatic carbocycles. The zero-order valence-corrected chi connectivity index (χ0v) is 12.8. The maximum Gasteiger partial charge on any atom is 0.265 e. The Balaban J connectivity index is 2.07. The van der Waals surface area contributed by atoms with Crippen molar-refractivity contribution in [3.63, 3.8) is 0 Å². The first-order valence-electron chi connectivity index (χ1n) is 6.48. The fourth-order valence-electron chi connectivity index (χ4n) is 2.00. The number of nitrogens with one attached hydrogen (secondary N) is 1. The number of carbonyl (C=O) groups is 1. The second kappa shape index (κ2) is 6.85. The highest BCUT2D eigenvalue weighted by atomic mass is 32.1. The Kier molecular flexibility index (Phi) is 5.10. The van der Waals surface area contributed by atoms with E-state index in [1.165, 1.54) is 24.5 Å². The molecule has 1 atom stereocenters. The lowest BCUT2D eigenvalue weighted by Gasteiger charge is -2.13. The summed E-state index contributed by atoms with van der Waals surface area (Å²) in [5, 5.41) is 12.3. The van der Waals surface area contributed by atoms with Crippen molar-refractivity contribution in [2.75, 3.05) is 13.7 Å². The molecular weight excluding hydrogens is 312 g/mol. The number of thiophene rings is 1. The molecule has 118 valence electrons. The van der Waals surface area contributed by atoms with Gasteiger partial charge >= 0.3 is 0 Å². The Labute approximate surface area is 130 Å². The van der Waals surface area contributed by atoms with Crippen LogP contribution < -0.4 is 10.1 Å². The van der Waals surface area contributed by atoms with Crippen molar-refractivity contribution in [1.29, 1.82) is 0 Å². The highest BCUT2D eigenvalue weighted by Gasteiger charge is 2.20. The molecule has 7 heteroatoms. The molecule has 0 aliphatic rings. The second-order valence-electron chi connectivity index (χ2n) is 4.62. The van der Waals surface area contributed by atoms with E-state index in [1.807, 2.05) is 6.92 Å². The van der Waals surface area contributed by atoms with Gasteiger partial charge in [0.1, 0.15) is 28.4 Å². The van der Waals surface area contributed by atoms with E-state index in [1.54, 1.807) is 6.07 Å². The summed E-state index contributed by atoms with van der Waals surface area (Å²) in [5.74, 6) is -1.75. The SMILES string of the molecule is COc1cc(C)sc1C(=O)NCC(O)c1c(F)cccc1F. The van der Waals surface area contributed by atoms with E-state index in [0.717, 1.165) is 17.0 Å². The maximum atomic E-state index is 13.5. The molecule has 0 aliphatic heterocycles. The first-order chi connectivity index (χ1) is 10.4. The van der Waals surface area contributed by atoms with Gasteiger partial charge in [-0.25, -0.2) is 8.78 Å². The van der Waals surface area contributed by atoms with E-state index in [4.69, 9.17) is 4.74 Å². The molecule has 0 bridgehead atoms. The molecule has 0 saturated carbocycles. The Morgan fingerprint density at radius 1 is 1.41 bits per heavy atom. The predicted octanol–water partition coefficient (Wildman–Crippen LogP) is 2.81. The number of amides is 1. The van der Waals surface area contributed by atoms with Crippen LogP contribution in [0, 0.1) is 18.6 Å². The third-order valence-electron chi connectivity index (χ3n) is 3.04. The average molecular weight is 327 g/mol. The molecule has 1 unspecified atom stereocenters. The van der Waals surface area contributed by atoms with Crippen molar-refractivity contribution in [2.45, 2.75) is 13.0 Å². The molecule has 0 fully saturated rings. The normalized spacial score (nSPS) is 12.0. The van der Waals surface area contributed by atoms with Gasteiger partial charge in [-0.1, -0.05) is 6.07 Å². The van der Waals surface area contributed by atoms with Crippen molar-refractivity contribution in [3.8, 4) is 5.75 Å². The number of hydrogen-bond acceptors (Lipinski definition) is 4. The van der Waals surface area contributed by atoms with E-state index in [2.05, 4.69) is 5.32 Å². The van der Waals surface area contributed by atoms with E-state index < -0.39 is 29.2 Å². The summed E-state index contributed by atoms with van der Waals surface area (Å²) in [6.45, 7) is 1.52. The molecule has 0 saturated heterocycles. The van der Waals surface area contributed by atoms with Crippen molar-refractivity contribution in [3.05, 3.63) is 51.2 Å². The first kappa shape index (κ1) is 16.4. The van der Waals surface area contributed by atoms with Crippen LogP contribution in [0.4, 0.5) is 8.78 Å². The Morgan fingerprint density at radius 2 is 2.05 bits per heavy atom. The largest absolute Gasteiger partial charge is 0.495 e. The maximum absolute atomic E-state index is 13.5. The fraction of sp³-hybridized carbons (Fsp3) is 0.267. The predicted molar refractivity (Wildman–Crippen MR) is 79.3 cm³/mol. The number of hydrogen-bond donors (Lipinski definition) is 2. The lowest BCUT2D eigenvalue weighted by atomic mass is 10.1. The molecule has 2 rings (SSSR count). The number of benzene rings is 1. The zero-order valence-electron chi connectivity index (χ0n) is 12.0. The van der Waals surface area contributed by atoms with Gasteiger partial charge in [-0.3, -0.25) is 4.79 Å². The summed E-state index contributed by atoms with van der Waals surface area (Å²) >= 11 is 1.23. The Morgan fingerprint density at radius 3 is 2.64 bits per heavy atom. The van der Waals surface area contributed by atoms with Crippen LogP contribution in [0.25, 0.3) is 0 Å². The molecule has 1 heterocycles. The molecule has 1 amide bonds. The third kappa shape index (κ3) is 3.42. The topological polar surface area (TPSA) is 58.6 Å². The van der Waals surface area contributed by atoms with Crippen LogP contribution in [0.2, 0.25) is 0 Å². The minimum atomic E-state index is -1.47. The zero-order chi connectivity index (χ0) is 16.3. The van der Waals surface area contributed by atoms with E-state index in [0.29, 0.717) is 10.6 Å². The molecule has 2 aromatic rings. The molecule has 0 radical (unpaired) electrons. The average Bonchev–Trinajstić information content (AvgIpc) is 2.85. The Bertz CT molecular complexity index is 667. The number of methoxy groups -OCH3 is 1. The van der Waals surface area contributed by atoms with Gasteiger partial charge < -0.3 is 15.2 Å². The van der Waals surface area contributed by atoms with E-state index in [-0.39, 0.29) is 6.54 Å². The van der Waals surface area contributed by atoms with Crippen LogP contribution in [-0.2, 0) is 0 Å². The molecule has 0 aliphatic carbocycles. The smallest absolute Gasteiger partial charge is 0.265 e. The summed E-state index contributed by atoms with van der Waals surface area (Å²) in [7, 11) is 1.45. The highest BCUT2D eigenvalue weighted by Crippen LogP contribution is 2.28. The molecule has 22 heavy (non-hydrogen) atoms. The van der Waals surface area contributed by atoms with Crippen molar-refractivity contribution in [1.82, 2.24) is 5.32 Å². The summed E-state index contributed by atoms with van der Waals surface area (Å²) in [6, 6.07) is 5.02. The van der Waals surface area contributed by atoms with Gasteiger partial charge in [-0.2, -0.15) is 0 Å². The standard InChI is InChI=1S/C15H15F2NO3S/c1-8-6-12(21-2)14(22-8)15(20)18-7-11(19)13-9(16)4-3-5-10(13)17/h3-6,11,19H,7H2,1-2H3,(H,18,20).